The number of carbonyl (C=O) groups excluding carboxylic acids is 1. The van der Waals surface area contributed by atoms with E-state index in [4.69, 9.17) is 5.73 Å². The van der Waals surface area contributed by atoms with Gasteiger partial charge in [-0.2, -0.15) is 5.10 Å². The number of hydrogen-bond donors (Lipinski definition) is 2. The molecule has 0 spiro atoms. The molecule has 0 aliphatic carbocycles. The van der Waals surface area contributed by atoms with Crippen LogP contribution in [0.15, 0.2) is 24.5 Å². The average Bonchev–Trinajstić information content (AvgIpc) is 2.67. The molecule has 20 heavy (non-hydrogen) atoms. The lowest BCUT2D eigenvalue weighted by Gasteiger charge is -2.06. The van der Waals surface area contributed by atoms with E-state index in [-0.39, 0.29) is 12.5 Å². The molecule has 1 amide bonds. The molecule has 0 bridgehead atoms. The Labute approximate surface area is 118 Å². The first-order chi connectivity index (χ1) is 9.58. The Morgan fingerprint density at radius 2 is 2.25 bits per heavy atom. The molecule has 106 valence electrons. The van der Waals surface area contributed by atoms with Gasteiger partial charge in [-0.3, -0.25) is 14.5 Å². The molecule has 0 atom stereocenters. The van der Waals surface area contributed by atoms with Crippen molar-refractivity contribution in [1.82, 2.24) is 20.1 Å². The van der Waals surface area contributed by atoms with E-state index in [1.54, 1.807) is 17.1 Å². The Morgan fingerprint density at radius 3 is 2.85 bits per heavy atom. The molecule has 0 aliphatic rings. The smallest absolute Gasteiger partial charge is 0.241 e. The van der Waals surface area contributed by atoms with Crippen molar-refractivity contribution in [3.8, 4) is 0 Å². The first-order valence-electron chi connectivity index (χ1n) is 6.53. The van der Waals surface area contributed by atoms with E-state index in [9.17, 15) is 4.79 Å². The fraction of sp³-hybridized carbons (Fsp3) is 0.357. The molecule has 0 aromatic carbocycles. The van der Waals surface area contributed by atoms with Gasteiger partial charge in [-0.15, -0.1) is 0 Å². The maximum absolute atomic E-state index is 11.8. The number of carbonyl (C=O) groups is 1. The van der Waals surface area contributed by atoms with Crippen LogP contribution < -0.4 is 11.1 Å². The maximum Gasteiger partial charge on any atom is 0.241 e. The predicted octanol–water partition coefficient (Wildman–Crippen LogP) is 0.836. The lowest BCUT2D eigenvalue weighted by Crippen LogP contribution is -2.30. The Balaban J connectivity index is 1.82. The normalized spacial score (nSPS) is 10.5. The molecule has 0 unspecified atom stereocenters. The molecule has 3 N–H and O–H groups in total. The largest absolute Gasteiger partial charge is 0.396 e. The molecule has 0 radical (unpaired) electrons. The lowest BCUT2D eigenvalue weighted by atomic mass is 10.2. The van der Waals surface area contributed by atoms with Crippen LogP contribution in [-0.2, 0) is 17.8 Å². The number of nitrogens with two attached hydrogens (primary N) is 1. The molecule has 0 saturated carbocycles. The maximum atomic E-state index is 11.8. The molecular formula is C14H19N5O. The number of amides is 1. The van der Waals surface area contributed by atoms with Crippen LogP contribution in [0.2, 0.25) is 0 Å². The number of anilines is 1. The molecular weight excluding hydrogens is 254 g/mol. The molecule has 2 aromatic rings. The standard InChI is InChI=1S/C14H19N5O/c1-10-14(15)11(2)19(18-10)9-13(20)17-7-5-12-4-3-6-16-8-12/h3-4,6,8H,5,7,9,15H2,1-2H3,(H,17,20). The second kappa shape index (κ2) is 6.18. The summed E-state index contributed by atoms with van der Waals surface area (Å²) in [6.45, 7) is 4.47. The van der Waals surface area contributed by atoms with Gasteiger partial charge in [-0.25, -0.2) is 0 Å². The van der Waals surface area contributed by atoms with Gasteiger partial charge in [-0.1, -0.05) is 6.07 Å². The fourth-order valence-electron chi connectivity index (χ4n) is 1.95. The van der Waals surface area contributed by atoms with Crippen LogP contribution in [-0.4, -0.2) is 27.2 Å². The van der Waals surface area contributed by atoms with Gasteiger partial charge in [0, 0.05) is 18.9 Å². The van der Waals surface area contributed by atoms with Gasteiger partial charge in [-0.05, 0) is 31.9 Å². The third-order valence-electron chi connectivity index (χ3n) is 3.19. The van der Waals surface area contributed by atoms with Crippen molar-refractivity contribution in [2.45, 2.75) is 26.8 Å². The summed E-state index contributed by atoms with van der Waals surface area (Å²) in [7, 11) is 0. The van der Waals surface area contributed by atoms with Crippen LogP contribution in [0.25, 0.3) is 0 Å². The fourth-order valence-corrected chi connectivity index (χ4v) is 1.95. The molecule has 6 nitrogen and oxygen atoms in total. The van der Waals surface area contributed by atoms with E-state index in [0.29, 0.717) is 12.2 Å². The van der Waals surface area contributed by atoms with Gasteiger partial charge >= 0.3 is 0 Å². The summed E-state index contributed by atoms with van der Waals surface area (Å²) in [5.74, 6) is -0.0699. The molecule has 2 aromatic heterocycles. The van der Waals surface area contributed by atoms with Crippen molar-refractivity contribution in [1.29, 1.82) is 0 Å². The van der Waals surface area contributed by atoms with Gasteiger partial charge < -0.3 is 11.1 Å². The van der Waals surface area contributed by atoms with Gasteiger partial charge in [0.2, 0.25) is 5.91 Å². The van der Waals surface area contributed by atoms with E-state index in [2.05, 4.69) is 15.4 Å². The molecule has 6 heteroatoms. The Morgan fingerprint density at radius 1 is 1.45 bits per heavy atom. The van der Waals surface area contributed by atoms with E-state index in [0.717, 1.165) is 23.4 Å². The SMILES string of the molecule is Cc1nn(CC(=O)NCCc2cccnc2)c(C)c1N. The summed E-state index contributed by atoms with van der Waals surface area (Å²) in [4.78, 5) is 15.9. The van der Waals surface area contributed by atoms with Crippen LogP contribution in [0.3, 0.4) is 0 Å². The van der Waals surface area contributed by atoms with Crippen LogP contribution in [0.4, 0.5) is 5.69 Å². The summed E-state index contributed by atoms with van der Waals surface area (Å²) in [6.07, 6.45) is 4.29. The third-order valence-corrected chi connectivity index (χ3v) is 3.19. The molecule has 2 rings (SSSR count). The van der Waals surface area contributed by atoms with Gasteiger partial charge in [0.25, 0.3) is 0 Å². The lowest BCUT2D eigenvalue weighted by molar-refractivity contribution is -0.121. The number of hydrogen-bond acceptors (Lipinski definition) is 4. The van der Waals surface area contributed by atoms with Crippen molar-refractivity contribution >= 4 is 11.6 Å². The number of nitrogen functional groups attached to an aromatic ring is 1. The van der Waals surface area contributed by atoms with E-state index in [1.807, 2.05) is 26.0 Å². The first kappa shape index (κ1) is 14.0. The Bertz CT molecular complexity index is 591. The van der Waals surface area contributed by atoms with Crippen LogP contribution in [0.5, 0.6) is 0 Å². The minimum Gasteiger partial charge on any atom is -0.396 e. The zero-order valence-corrected chi connectivity index (χ0v) is 11.8. The van der Waals surface area contributed by atoms with Crippen molar-refractivity contribution in [2.24, 2.45) is 0 Å². The highest BCUT2D eigenvalue weighted by Crippen LogP contribution is 2.14. The quantitative estimate of drug-likeness (QED) is 0.845. The van der Waals surface area contributed by atoms with Crippen molar-refractivity contribution in [3.05, 3.63) is 41.5 Å². The van der Waals surface area contributed by atoms with Gasteiger partial charge in [0.15, 0.2) is 0 Å². The minimum absolute atomic E-state index is 0.0699. The van der Waals surface area contributed by atoms with E-state index < -0.39 is 0 Å². The Hall–Kier alpha value is -2.37. The van der Waals surface area contributed by atoms with E-state index in [1.165, 1.54) is 0 Å². The van der Waals surface area contributed by atoms with Gasteiger partial charge in [0.05, 0.1) is 17.1 Å². The highest BCUT2D eigenvalue weighted by atomic mass is 16.2. The van der Waals surface area contributed by atoms with Crippen LogP contribution in [0, 0.1) is 13.8 Å². The topological polar surface area (TPSA) is 85.8 Å². The van der Waals surface area contributed by atoms with Crippen LogP contribution in [0.1, 0.15) is 17.0 Å². The van der Waals surface area contributed by atoms with Crippen molar-refractivity contribution in [3.63, 3.8) is 0 Å². The summed E-state index contributed by atoms with van der Waals surface area (Å²) >= 11 is 0. The highest BCUT2D eigenvalue weighted by Gasteiger charge is 2.10. The number of nitrogens with zero attached hydrogens (tertiary/aromatic N) is 3. The number of pyridine rings is 1. The Kier molecular flexibility index (Phi) is 4.34. The minimum atomic E-state index is -0.0699. The summed E-state index contributed by atoms with van der Waals surface area (Å²) in [6, 6.07) is 3.87. The number of aryl methyl sites for hydroxylation is 1. The first-order valence-corrected chi connectivity index (χ1v) is 6.53. The van der Waals surface area contributed by atoms with Gasteiger partial charge in [0.1, 0.15) is 6.54 Å². The monoisotopic (exact) mass is 273 g/mol. The van der Waals surface area contributed by atoms with Crippen molar-refractivity contribution in [2.75, 3.05) is 12.3 Å². The number of nitrogens with one attached hydrogen (secondary N) is 1. The molecule has 0 fully saturated rings. The molecule has 0 aliphatic heterocycles. The van der Waals surface area contributed by atoms with E-state index >= 15 is 0 Å². The second-order valence-corrected chi connectivity index (χ2v) is 4.70. The molecule has 0 saturated heterocycles. The summed E-state index contributed by atoms with van der Waals surface area (Å²) in [5.41, 5.74) is 9.16. The zero-order chi connectivity index (χ0) is 14.5. The number of rotatable bonds is 5. The third kappa shape index (κ3) is 3.34. The number of aromatic nitrogens is 3. The average molecular weight is 273 g/mol. The summed E-state index contributed by atoms with van der Waals surface area (Å²) < 4.78 is 1.63. The molecule has 2 heterocycles. The highest BCUT2D eigenvalue weighted by molar-refractivity contribution is 5.75. The van der Waals surface area contributed by atoms with Crippen LogP contribution >= 0.6 is 0 Å². The zero-order valence-electron chi connectivity index (χ0n) is 11.8. The summed E-state index contributed by atoms with van der Waals surface area (Å²) in [5, 5.41) is 7.10. The van der Waals surface area contributed by atoms with Crippen molar-refractivity contribution < 1.29 is 4.79 Å². The second-order valence-electron chi connectivity index (χ2n) is 4.70. The predicted molar refractivity (Wildman–Crippen MR) is 77.1 cm³/mol.